The summed E-state index contributed by atoms with van der Waals surface area (Å²) in [6.07, 6.45) is 1.39. The Labute approximate surface area is 156 Å². The summed E-state index contributed by atoms with van der Waals surface area (Å²) in [5, 5.41) is 0. The van der Waals surface area contributed by atoms with Crippen LogP contribution in [0, 0.1) is 0 Å². The van der Waals surface area contributed by atoms with E-state index in [1.54, 1.807) is 12.1 Å². The van der Waals surface area contributed by atoms with Crippen LogP contribution < -0.4 is 10.6 Å². The van der Waals surface area contributed by atoms with Gasteiger partial charge in [0.2, 0.25) is 0 Å². The van der Waals surface area contributed by atoms with E-state index in [1.165, 1.54) is 18.2 Å². The van der Waals surface area contributed by atoms with E-state index < -0.39 is 5.91 Å². The Kier molecular flexibility index (Phi) is 4.05. The summed E-state index contributed by atoms with van der Waals surface area (Å²) >= 11 is 0. The number of carbonyl (C=O) groups is 3. The first-order valence-electron chi connectivity index (χ1n) is 8.48. The number of hydrogen-bond acceptors (Lipinski definition) is 4. The lowest BCUT2D eigenvalue weighted by Gasteiger charge is -2.14. The van der Waals surface area contributed by atoms with Crippen LogP contribution in [-0.2, 0) is 6.42 Å². The molecule has 1 aliphatic rings. The molecule has 132 valence electrons. The number of aldehydes is 1. The smallest absolute Gasteiger partial charge is 0.266 e. The van der Waals surface area contributed by atoms with Crippen LogP contribution in [0.3, 0.4) is 0 Å². The van der Waals surface area contributed by atoms with Gasteiger partial charge < -0.3 is 5.73 Å². The average Bonchev–Trinajstić information content (AvgIpc) is 2.94. The van der Waals surface area contributed by atoms with E-state index in [9.17, 15) is 14.4 Å². The summed E-state index contributed by atoms with van der Waals surface area (Å²) in [5.74, 6) is -0.788. The minimum atomic E-state index is -0.412. The summed E-state index contributed by atoms with van der Waals surface area (Å²) in [5.41, 5.74) is 10.1. The molecule has 2 amide bonds. The molecule has 0 unspecified atom stereocenters. The zero-order valence-electron chi connectivity index (χ0n) is 14.4. The first-order chi connectivity index (χ1) is 13.1. The third-order valence-electron chi connectivity index (χ3n) is 4.63. The zero-order chi connectivity index (χ0) is 19.0. The van der Waals surface area contributed by atoms with E-state index in [0.29, 0.717) is 23.1 Å². The van der Waals surface area contributed by atoms with Gasteiger partial charge in [0.25, 0.3) is 11.8 Å². The summed E-state index contributed by atoms with van der Waals surface area (Å²) < 4.78 is 0. The van der Waals surface area contributed by atoms with Gasteiger partial charge in [-0.05, 0) is 53.9 Å². The maximum absolute atomic E-state index is 12.7. The van der Waals surface area contributed by atoms with Crippen molar-refractivity contribution in [1.29, 1.82) is 0 Å². The van der Waals surface area contributed by atoms with Crippen molar-refractivity contribution in [3.63, 3.8) is 0 Å². The molecule has 2 N–H and O–H groups in total. The zero-order valence-corrected chi connectivity index (χ0v) is 14.4. The monoisotopic (exact) mass is 356 g/mol. The Morgan fingerprint density at radius 3 is 2.00 bits per heavy atom. The molecule has 4 rings (SSSR count). The minimum absolute atomic E-state index is 0.260. The topological polar surface area (TPSA) is 80.5 Å². The maximum Gasteiger partial charge on any atom is 0.266 e. The van der Waals surface area contributed by atoms with E-state index in [-0.39, 0.29) is 11.5 Å². The van der Waals surface area contributed by atoms with E-state index in [1.807, 2.05) is 36.4 Å². The lowest BCUT2D eigenvalue weighted by atomic mass is 10.0. The van der Waals surface area contributed by atoms with Crippen molar-refractivity contribution in [2.75, 3.05) is 10.6 Å². The third-order valence-corrected chi connectivity index (χ3v) is 4.63. The Balaban J connectivity index is 1.59. The SMILES string of the molecule is Nc1ccc(Cc2ccc(N3C(=O)c4ccc(C=O)cc4C3=O)cc2)cc1. The van der Waals surface area contributed by atoms with Crippen LogP contribution in [0.5, 0.6) is 0 Å². The second kappa shape index (κ2) is 6.53. The van der Waals surface area contributed by atoms with Gasteiger partial charge in [-0.3, -0.25) is 14.4 Å². The van der Waals surface area contributed by atoms with Crippen LogP contribution in [0.15, 0.2) is 66.7 Å². The molecule has 1 heterocycles. The van der Waals surface area contributed by atoms with E-state index in [4.69, 9.17) is 5.73 Å². The second-order valence-corrected chi connectivity index (χ2v) is 6.45. The van der Waals surface area contributed by atoms with Crippen molar-refractivity contribution in [3.05, 3.63) is 94.5 Å². The standard InChI is InChI=1S/C22H16N2O3/c23-17-6-1-14(2-7-17)11-15-3-8-18(9-4-15)24-21(26)19-10-5-16(13-25)12-20(19)22(24)27/h1-10,12-13H,11,23H2. The number of rotatable bonds is 4. The fraction of sp³-hybridized carbons (Fsp3) is 0.0455. The molecule has 0 spiro atoms. The molecule has 3 aromatic carbocycles. The summed E-state index contributed by atoms with van der Waals surface area (Å²) in [6, 6.07) is 19.5. The average molecular weight is 356 g/mol. The van der Waals surface area contributed by atoms with Crippen molar-refractivity contribution in [2.45, 2.75) is 6.42 Å². The molecule has 0 saturated heterocycles. The molecule has 5 heteroatoms. The van der Waals surface area contributed by atoms with E-state index >= 15 is 0 Å². The van der Waals surface area contributed by atoms with Crippen molar-refractivity contribution in [2.24, 2.45) is 0 Å². The van der Waals surface area contributed by atoms with Gasteiger partial charge in [-0.15, -0.1) is 0 Å². The molecule has 0 atom stereocenters. The molecule has 0 saturated carbocycles. The molecule has 27 heavy (non-hydrogen) atoms. The lowest BCUT2D eigenvalue weighted by Crippen LogP contribution is -2.29. The van der Waals surface area contributed by atoms with Crippen LogP contribution in [0.4, 0.5) is 11.4 Å². The number of fused-ring (bicyclic) bond motifs is 1. The maximum atomic E-state index is 12.7. The Morgan fingerprint density at radius 1 is 0.778 bits per heavy atom. The molecule has 0 fully saturated rings. The minimum Gasteiger partial charge on any atom is -0.399 e. The molecular weight excluding hydrogens is 340 g/mol. The number of carbonyl (C=O) groups excluding carboxylic acids is 3. The molecular formula is C22H16N2O3. The van der Waals surface area contributed by atoms with Crippen LogP contribution in [-0.4, -0.2) is 18.1 Å². The van der Waals surface area contributed by atoms with Gasteiger partial charge >= 0.3 is 0 Å². The largest absolute Gasteiger partial charge is 0.399 e. The molecule has 0 bridgehead atoms. The van der Waals surface area contributed by atoms with Crippen LogP contribution >= 0.6 is 0 Å². The van der Waals surface area contributed by atoms with E-state index in [0.717, 1.165) is 28.1 Å². The number of imide groups is 1. The Hall–Kier alpha value is -3.73. The first-order valence-corrected chi connectivity index (χ1v) is 8.48. The van der Waals surface area contributed by atoms with Gasteiger partial charge in [0.1, 0.15) is 6.29 Å². The first kappa shape index (κ1) is 16.7. The summed E-state index contributed by atoms with van der Waals surface area (Å²) in [7, 11) is 0. The lowest BCUT2D eigenvalue weighted by molar-refractivity contribution is 0.0926. The highest BCUT2D eigenvalue weighted by molar-refractivity contribution is 6.34. The summed E-state index contributed by atoms with van der Waals surface area (Å²) in [4.78, 5) is 37.4. The quantitative estimate of drug-likeness (QED) is 0.441. The number of hydrogen-bond donors (Lipinski definition) is 1. The van der Waals surface area contributed by atoms with Gasteiger partial charge in [-0.25, -0.2) is 4.90 Å². The molecule has 0 radical (unpaired) electrons. The molecule has 5 nitrogen and oxygen atoms in total. The van der Waals surface area contributed by atoms with Crippen molar-refractivity contribution < 1.29 is 14.4 Å². The number of benzene rings is 3. The molecule has 3 aromatic rings. The number of amides is 2. The highest BCUT2D eigenvalue weighted by Gasteiger charge is 2.36. The van der Waals surface area contributed by atoms with Gasteiger partial charge in [0.05, 0.1) is 16.8 Å². The summed E-state index contributed by atoms with van der Waals surface area (Å²) in [6.45, 7) is 0. The number of anilines is 2. The van der Waals surface area contributed by atoms with Crippen LogP contribution in [0.25, 0.3) is 0 Å². The fourth-order valence-corrected chi connectivity index (χ4v) is 3.20. The van der Waals surface area contributed by atoms with Gasteiger partial charge in [0.15, 0.2) is 0 Å². The third kappa shape index (κ3) is 3.00. The normalized spacial score (nSPS) is 13.0. The molecule has 0 aromatic heterocycles. The Bertz CT molecular complexity index is 1050. The van der Waals surface area contributed by atoms with Gasteiger partial charge in [-0.1, -0.05) is 30.3 Å². The van der Waals surface area contributed by atoms with Crippen molar-refractivity contribution >= 4 is 29.5 Å². The second-order valence-electron chi connectivity index (χ2n) is 6.45. The Morgan fingerprint density at radius 2 is 1.37 bits per heavy atom. The molecule has 1 aliphatic heterocycles. The van der Waals surface area contributed by atoms with Gasteiger partial charge in [0, 0.05) is 11.3 Å². The molecule has 0 aliphatic carbocycles. The number of nitrogens with two attached hydrogens (primary N) is 1. The fourth-order valence-electron chi connectivity index (χ4n) is 3.20. The van der Waals surface area contributed by atoms with Gasteiger partial charge in [-0.2, -0.15) is 0 Å². The number of nitrogen functional groups attached to an aromatic ring is 1. The highest BCUT2D eigenvalue weighted by Crippen LogP contribution is 2.29. The van der Waals surface area contributed by atoms with Crippen LogP contribution in [0.1, 0.15) is 42.2 Å². The van der Waals surface area contributed by atoms with Crippen LogP contribution in [0.2, 0.25) is 0 Å². The number of nitrogens with zero attached hydrogens (tertiary/aromatic N) is 1. The highest BCUT2D eigenvalue weighted by atomic mass is 16.2. The van der Waals surface area contributed by atoms with Crippen molar-refractivity contribution in [1.82, 2.24) is 0 Å². The predicted octanol–water partition coefficient (Wildman–Crippen LogP) is 3.47. The predicted molar refractivity (Wildman–Crippen MR) is 103 cm³/mol. The van der Waals surface area contributed by atoms with Crippen molar-refractivity contribution in [3.8, 4) is 0 Å². The van der Waals surface area contributed by atoms with E-state index in [2.05, 4.69) is 0 Å².